The number of carboxylic acids is 1. The van der Waals surface area contributed by atoms with Crippen molar-refractivity contribution in [1.29, 1.82) is 0 Å². The molecule has 4 heteroatoms. The van der Waals surface area contributed by atoms with Crippen molar-refractivity contribution >= 4 is 29.2 Å². The first-order valence-electron chi connectivity index (χ1n) is 5.70. The highest BCUT2D eigenvalue weighted by atomic mass is 35.5. The van der Waals surface area contributed by atoms with E-state index in [1.165, 1.54) is 0 Å². The van der Waals surface area contributed by atoms with E-state index in [9.17, 15) is 4.79 Å². The Morgan fingerprint density at radius 2 is 1.68 bits per heavy atom. The molecule has 0 aliphatic rings. The van der Waals surface area contributed by atoms with E-state index in [0.717, 1.165) is 22.3 Å². The summed E-state index contributed by atoms with van der Waals surface area (Å²) in [5.74, 6) is -1.03. The van der Waals surface area contributed by atoms with Crippen LogP contribution >= 0.6 is 23.2 Å². The smallest absolute Gasteiger partial charge is 0.337 e. The summed E-state index contributed by atoms with van der Waals surface area (Å²) in [5.41, 5.74) is 3.83. The zero-order chi connectivity index (χ0) is 14.2. The first kappa shape index (κ1) is 13.9. The number of aromatic carboxylic acids is 1. The Morgan fingerprint density at radius 1 is 1.00 bits per heavy atom. The lowest BCUT2D eigenvalue weighted by molar-refractivity contribution is 0.0697. The molecular formula is C15H12Cl2O2. The summed E-state index contributed by atoms with van der Waals surface area (Å²) in [7, 11) is 0. The van der Waals surface area contributed by atoms with Gasteiger partial charge in [-0.25, -0.2) is 4.79 Å². The first-order chi connectivity index (χ1) is 8.90. The van der Waals surface area contributed by atoms with Crippen molar-refractivity contribution in [2.45, 2.75) is 13.8 Å². The Balaban J connectivity index is 2.63. The Labute approximate surface area is 121 Å². The largest absolute Gasteiger partial charge is 0.478 e. The lowest BCUT2D eigenvalue weighted by atomic mass is 9.97. The average Bonchev–Trinajstić information content (AvgIpc) is 2.34. The second-order valence-electron chi connectivity index (χ2n) is 4.42. The highest BCUT2D eigenvalue weighted by Gasteiger charge is 2.12. The van der Waals surface area contributed by atoms with E-state index < -0.39 is 5.97 Å². The summed E-state index contributed by atoms with van der Waals surface area (Å²) in [6.45, 7) is 3.86. The standard InChI is InChI=1S/C15H12Cl2O2/c1-8-6-14(17)9(2)5-11(8)10-3-4-13(16)12(7-10)15(18)19/h3-7H,1-2H3,(H,18,19). The lowest BCUT2D eigenvalue weighted by Gasteiger charge is -2.10. The Hall–Kier alpha value is -1.51. The van der Waals surface area contributed by atoms with E-state index in [2.05, 4.69) is 0 Å². The second-order valence-corrected chi connectivity index (χ2v) is 5.23. The fourth-order valence-electron chi connectivity index (χ4n) is 1.95. The third-order valence-corrected chi connectivity index (χ3v) is 3.75. The van der Waals surface area contributed by atoms with E-state index >= 15 is 0 Å². The maximum atomic E-state index is 11.1. The lowest BCUT2D eigenvalue weighted by Crippen LogP contribution is -1.98. The monoisotopic (exact) mass is 294 g/mol. The molecule has 0 aliphatic carbocycles. The number of hydrogen-bond donors (Lipinski definition) is 1. The molecule has 0 aliphatic heterocycles. The van der Waals surface area contributed by atoms with Crippen LogP contribution in [0.25, 0.3) is 11.1 Å². The van der Waals surface area contributed by atoms with Crippen LogP contribution in [-0.2, 0) is 0 Å². The van der Waals surface area contributed by atoms with Gasteiger partial charge in [0.2, 0.25) is 0 Å². The van der Waals surface area contributed by atoms with Crippen LogP contribution in [0.1, 0.15) is 21.5 Å². The SMILES string of the molecule is Cc1cc(-c2ccc(Cl)c(C(=O)O)c2)c(C)cc1Cl. The molecule has 19 heavy (non-hydrogen) atoms. The van der Waals surface area contributed by atoms with E-state index in [4.69, 9.17) is 28.3 Å². The molecule has 0 saturated carbocycles. The van der Waals surface area contributed by atoms with Gasteiger partial charge >= 0.3 is 5.97 Å². The fraction of sp³-hybridized carbons (Fsp3) is 0.133. The van der Waals surface area contributed by atoms with Crippen LogP contribution in [-0.4, -0.2) is 11.1 Å². The van der Waals surface area contributed by atoms with Crippen LogP contribution in [0.4, 0.5) is 0 Å². The van der Waals surface area contributed by atoms with E-state index in [1.807, 2.05) is 32.0 Å². The molecule has 0 atom stereocenters. The number of carbonyl (C=O) groups is 1. The zero-order valence-corrected chi connectivity index (χ0v) is 12.0. The predicted molar refractivity (Wildman–Crippen MR) is 78.3 cm³/mol. The molecule has 2 aromatic carbocycles. The van der Waals surface area contributed by atoms with Crippen molar-refractivity contribution in [3.63, 3.8) is 0 Å². The Morgan fingerprint density at radius 3 is 2.32 bits per heavy atom. The van der Waals surface area contributed by atoms with Gasteiger partial charge in [-0.1, -0.05) is 29.3 Å². The molecular weight excluding hydrogens is 283 g/mol. The minimum atomic E-state index is -1.03. The van der Waals surface area contributed by atoms with Crippen molar-refractivity contribution in [3.05, 3.63) is 57.1 Å². The molecule has 2 rings (SSSR count). The van der Waals surface area contributed by atoms with Crippen LogP contribution in [0.3, 0.4) is 0 Å². The van der Waals surface area contributed by atoms with Gasteiger partial charge in [-0.3, -0.25) is 0 Å². The molecule has 0 unspecified atom stereocenters. The first-order valence-corrected chi connectivity index (χ1v) is 6.45. The van der Waals surface area contributed by atoms with Gasteiger partial charge in [-0.2, -0.15) is 0 Å². The number of rotatable bonds is 2. The van der Waals surface area contributed by atoms with Crippen LogP contribution < -0.4 is 0 Å². The maximum absolute atomic E-state index is 11.1. The van der Waals surface area contributed by atoms with Crippen LogP contribution in [0.2, 0.25) is 10.0 Å². The van der Waals surface area contributed by atoms with Gasteiger partial charge in [0, 0.05) is 5.02 Å². The minimum absolute atomic E-state index is 0.103. The summed E-state index contributed by atoms with van der Waals surface area (Å²) < 4.78 is 0. The van der Waals surface area contributed by atoms with E-state index in [0.29, 0.717) is 5.02 Å². The quantitative estimate of drug-likeness (QED) is 0.848. The van der Waals surface area contributed by atoms with Crippen molar-refractivity contribution < 1.29 is 9.90 Å². The van der Waals surface area contributed by atoms with Gasteiger partial charge in [-0.15, -0.1) is 0 Å². The second kappa shape index (κ2) is 5.24. The van der Waals surface area contributed by atoms with Gasteiger partial charge < -0.3 is 5.11 Å². The summed E-state index contributed by atoms with van der Waals surface area (Å²) in [4.78, 5) is 11.1. The summed E-state index contributed by atoms with van der Waals surface area (Å²) in [6.07, 6.45) is 0. The van der Waals surface area contributed by atoms with E-state index in [-0.39, 0.29) is 10.6 Å². The van der Waals surface area contributed by atoms with Crippen molar-refractivity contribution in [3.8, 4) is 11.1 Å². The fourth-order valence-corrected chi connectivity index (χ4v) is 2.37. The third-order valence-electron chi connectivity index (χ3n) is 3.01. The molecule has 2 nitrogen and oxygen atoms in total. The zero-order valence-electron chi connectivity index (χ0n) is 10.5. The number of hydrogen-bond acceptors (Lipinski definition) is 1. The van der Waals surface area contributed by atoms with Crippen LogP contribution in [0.5, 0.6) is 0 Å². The summed E-state index contributed by atoms with van der Waals surface area (Å²) in [5, 5.41) is 10.0. The summed E-state index contributed by atoms with van der Waals surface area (Å²) in [6, 6.07) is 8.82. The molecule has 0 saturated heterocycles. The van der Waals surface area contributed by atoms with Crippen molar-refractivity contribution in [2.75, 3.05) is 0 Å². The Kier molecular flexibility index (Phi) is 3.83. The predicted octanol–water partition coefficient (Wildman–Crippen LogP) is 4.98. The maximum Gasteiger partial charge on any atom is 0.337 e. The summed E-state index contributed by atoms with van der Waals surface area (Å²) >= 11 is 11.9. The number of carboxylic acid groups (broad SMARTS) is 1. The van der Waals surface area contributed by atoms with Gasteiger partial charge in [0.25, 0.3) is 0 Å². The molecule has 0 aromatic heterocycles. The molecule has 98 valence electrons. The molecule has 0 bridgehead atoms. The topological polar surface area (TPSA) is 37.3 Å². The molecule has 1 N–H and O–H groups in total. The molecule has 0 radical (unpaired) electrons. The molecule has 0 spiro atoms. The molecule has 0 fully saturated rings. The highest BCUT2D eigenvalue weighted by molar-refractivity contribution is 6.33. The van der Waals surface area contributed by atoms with Gasteiger partial charge in [0.15, 0.2) is 0 Å². The normalized spacial score (nSPS) is 10.5. The Bertz CT molecular complexity index is 663. The average molecular weight is 295 g/mol. The minimum Gasteiger partial charge on any atom is -0.478 e. The molecule has 2 aromatic rings. The molecule has 0 amide bonds. The highest BCUT2D eigenvalue weighted by Crippen LogP contribution is 2.31. The van der Waals surface area contributed by atoms with Gasteiger partial charge in [0.05, 0.1) is 10.6 Å². The molecule has 0 heterocycles. The van der Waals surface area contributed by atoms with Crippen LogP contribution in [0.15, 0.2) is 30.3 Å². The van der Waals surface area contributed by atoms with Gasteiger partial charge in [-0.05, 0) is 60.4 Å². The van der Waals surface area contributed by atoms with Crippen LogP contribution in [0, 0.1) is 13.8 Å². The van der Waals surface area contributed by atoms with E-state index in [1.54, 1.807) is 12.1 Å². The van der Waals surface area contributed by atoms with Gasteiger partial charge in [0.1, 0.15) is 0 Å². The number of benzene rings is 2. The van der Waals surface area contributed by atoms with Crippen molar-refractivity contribution in [2.24, 2.45) is 0 Å². The third kappa shape index (κ3) is 2.75. The number of aryl methyl sites for hydroxylation is 2. The van der Waals surface area contributed by atoms with Crippen molar-refractivity contribution in [1.82, 2.24) is 0 Å². The number of halogens is 2.